The molecule has 2 rings (SSSR count). The molecule has 0 aromatic carbocycles. The number of piperidine rings is 1. The van der Waals surface area contributed by atoms with Gasteiger partial charge in [-0.05, 0) is 46.3 Å². The summed E-state index contributed by atoms with van der Waals surface area (Å²) in [6, 6.07) is 1.54. The van der Waals surface area contributed by atoms with Crippen molar-refractivity contribution in [3.05, 3.63) is 0 Å². The summed E-state index contributed by atoms with van der Waals surface area (Å²) in [6.45, 7) is 8.74. The van der Waals surface area contributed by atoms with Crippen molar-refractivity contribution in [3.63, 3.8) is 0 Å². The molecule has 2 unspecified atom stereocenters. The van der Waals surface area contributed by atoms with Crippen molar-refractivity contribution in [1.82, 2.24) is 15.1 Å². The normalized spacial score (nSPS) is 30.8. The Morgan fingerprint density at radius 1 is 1.19 bits per heavy atom. The van der Waals surface area contributed by atoms with E-state index in [0.717, 1.165) is 12.6 Å². The first kappa shape index (κ1) is 12.3. The lowest BCUT2D eigenvalue weighted by molar-refractivity contribution is 0.154. The third kappa shape index (κ3) is 2.96. The van der Waals surface area contributed by atoms with Crippen molar-refractivity contribution in [1.29, 1.82) is 0 Å². The van der Waals surface area contributed by atoms with Crippen LogP contribution < -0.4 is 5.32 Å². The standard InChI is InChI=1S/C13H27N3/c1-12(10-14-2)16-9-6-13(11-16)15-7-4-3-5-8-15/h12-14H,3-11H2,1-2H3. The van der Waals surface area contributed by atoms with Crippen molar-refractivity contribution in [2.24, 2.45) is 0 Å². The van der Waals surface area contributed by atoms with E-state index < -0.39 is 0 Å². The molecule has 3 heteroatoms. The summed E-state index contributed by atoms with van der Waals surface area (Å²) in [5, 5.41) is 3.28. The Morgan fingerprint density at radius 2 is 1.94 bits per heavy atom. The van der Waals surface area contributed by atoms with Gasteiger partial charge in [-0.15, -0.1) is 0 Å². The predicted octanol–water partition coefficient (Wildman–Crippen LogP) is 1.15. The van der Waals surface area contributed by atoms with Crippen molar-refractivity contribution in [2.45, 2.75) is 44.7 Å². The molecule has 2 aliphatic rings. The molecule has 3 nitrogen and oxygen atoms in total. The van der Waals surface area contributed by atoms with Gasteiger partial charge in [0.05, 0.1) is 0 Å². The summed E-state index contributed by atoms with van der Waals surface area (Å²) < 4.78 is 0. The van der Waals surface area contributed by atoms with Crippen LogP contribution in [-0.2, 0) is 0 Å². The van der Waals surface area contributed by atoms with Gasteiger partial charge in [-0.3, -0.25) is 9.80 Å². The van der Waals surface area contributed by atoms with E-state index in [4.69, 9.17) is 0 Å². The second kappa shape index (κ2) is 5.99. The molecule has 2 heterocycles. The molecular formula is C13H27N3. The van der Waals surface area contributed by atoms with E-state index in [1.807, 2.05) is 0 Å². The van der Waals surface area contributed by atoms with E-state index in [0.29, 0.717) is 6.04 Å². The van der Waals surface area contributed by atoms with Crippen LogP contribution in [-0.4, -0.2) is 61.7 Å². The van der Waals surface area contributed by atoms with E-state index >= 15 is 0 Å². The highest BCUT2D eigenvalue weighted by molar-refractivity contribution is 4.87. The Labute approximate surface area is 100 Å². The highest BCUT2D eigenvalue weighted by atomic mass is 15.3. The molecule has 2 saturated heterocycles. The Hall–Kier alpha value is -0.120. The van der Waals surface area contributed by atoms with Gasteiger partial charge in [-0.2, -0.15) is 0 Å². The minimum atomic E-state index is 0.694. The highest BCUT2D eigenvalue weighted by Gasteiger charge is 2.30. The Morgan fingerprint density at radius 3 is 2.62 bits per heavy atom. The number of likely N-dealkylation sites (N-methyl/N-ethyl adjacent to an activating group) is 1. The first-order valence-corrected chi connectivity index (χ1v) is 6.94. The maximum atomic E-state index is 3.28. The smallest absolute Gasteiger partial charge is 0.0235 e. The zero-order chi connectivity index (χ0) is 11.4. The van der Waals surface area contributed by atoms with Crippen LogP contribution in [0.15, 0.2) is 0 Å². The third-order valence-electron chi connectivity index (χ3n) is 4.22. The average Bonchev–Trinajstić information content (AvgIpc) is 2.80. The molecule has 2 atom stereocenters. The molecule has 94 valence electrons. The molecule has 0 aromatic rings. The fourth-order valence-electron chi connectivity index (χ4n) is 3.17. The van der Waals surface area contributed by atoms with Gasteiger partial charge in [0.2, 0.25) is 0 Å². The summed E-state index contributed by atoms with van der Waals surface area (Å²) in [7, 11) is 2.05. The fourth-order valence-corrected chi connectivity index (χ4v) is 3.17. The molecule has 0 amide bonds. The van der Waals surface area contributed by atoms with E-state index in [1.54, 1.807) is 0 Å². The molecule has 2 aliphatic heterocycles. The van der Waals surface area contributed by atoms with Crippen LogP contribution in [0.1, 0.15) is 32.6 Å². The molecule has 16 heavy (non-hydrogen) atoms. The number of hydrogen-bond donors (Lipinski definition) is 1. The lowest BCUT2D eigenvalue weighted by Gasteiger charge is -2.33. The minimum Gasteiger partial charge on any atom is -0.318 e. The minimum absolute atomic E-state index is 0.694. The van der Waals surface area contributed by atoms with E-state index in [2.05, 4.69) is 29.1 Å². The van der Waals surface area contributed by atoms with Gasteiger partial charge in [-0.25, -0.2) is 0 Å². The Bertz CT molecular complexity index is 201. The molecule has 0 radical (unpaired) electrons. The maximum Gasteiger partial charge on any atom is 0.0235 e. The zero-order valence-corrected chi connectivity index (χ0v) is 10.9. The van der Waals surface area contributed by atoms with Gasteiger partial charge in [0, 0.05) is 31.7 Å². The van der Waals surface area contributed by atoms with Crippen molar-refractivity contribution in [2.75, 3.05) is 39.8 Å². The molecular weight excluding hydrogens is 198 g/mol. The fraction of sp³-hybridized carbons (Fsp3) is 1.00. The first-order chi connectivity index (χ1) is 7.81. The largest absolute Gasteiger partial charge is 0.318 e. The monoisotopic (exact) mass is 225 g/mol. The lowest BCUT2D eigenvalue weighted by Crippen LogP contribution is -2.43. The highest BCUT2D eigenvalue weighted by Crippen LogP contribution is 2.21. The van der Waals surface area contributed by atoms with Gasteiger partial charge >= 0.3 is 0 Å². The van der Waals surface area contributed by atoms with Crippen LogP contribution in [0.2, 0.25) is 0 Å². The zero-order valence-electron chi connectivity index (χ0n) is 10.9. The second-order valence-electron chi connectivity index (χ2n) is 5.44. The van der Waals surface area contributed by atoms with Gasteiger partial charge in [0.25, 0.3) is 0 Å². The first-order valence-electron chi connectivity index (χ1n) is 6.94. The van der Waals surface area contributed by atoms with Crippen LogP contribution in [0.4, 0.5) is 0 Å². The molecule has 0 aliphatic carbocycles. The van der Waals surface area contributed by atoms with Gasteiger partial charge < -0.3 is 5.32 Å². The summed E-state index contributed by atoms with van der Waals surface area (Å²) in [6.07, 6.45) is 5.67. The van der Waals surface area contributed by atoms with E-state index in [1.165, 1.54) is 51.9 Å². The van der Waals surface area contributed by atoms with Gasteiger partial charge in [0.1, 0.15) is 0 Å². The summed E-state index contributed by atoms with van der Waals surface area (Å²) >= 11 is 0. The molecule has 0 aromatic heterocycles. The van der Waals surface area contributed by atoms with Crippen LogP contribution >= 0.6 is 0 Å². The van der Waals surface area contributed by atoms with Crippen LogP contribution in [0.25, 0.3) is 0 Å². The predicted molar refractivity (Wildman–Crippen MR) is 68.8 cm³/mol. The van der Waals surface area contributed by atoms with Gasteiger partial charge in [-0.1, -0.05) is 6.42 Å². The molecule has 2 fully saturated rings. The molecule has 0 spiro atoms. The van der Waals surface area contributed by atoms with E-state index in [9.17, 15) is 0 Å². The topological polar surface area (TPSA) is 18.5 Å². The van der Waals surface area contributed by atoms with E-state index in [-0.39, 0.29) is 0 Å². The van der Waals surface area contributed by atoms with Crippen LogP contribution in [0, 0.1) is 0 Å². The maximum absolute atomic E-state index is 3.28. The number of nitrogens with one attached hydrogen (secondary N) is 1. The third-order valence-corrected chi connectivity index (χ3v) is 4.22. The summed E-state index contributed by atoms with van der Waals surface area (Å²) in [4.78, 5) is 5.38. The number of nitrogens with zero attached hydrogens (tertiary/aromatic N) is 2. The van der Waals surface area contributed by atoms with Crippen LogP contribution in [0.5, 0.6) is 0 Å². The molecule has 0 bridgehead atoms. The lowest BCUT2D eigenvalue weighted by atomic mass is 10.1. The van der Waals surface area contributed by atoms with Crippen molar-refractivity contribution in [3.8, 4) is 0 Å². The summed E-state index contributed by atoms with van der Waals surface area (Å²) in [5.74, 6) is 0. The molecule has 0 saturated carbocycles. The SMILES string of the molecule is CNCC(C)N1CCC(N2CCCCC2)C1. The second-order valence-corrected chi connectivity index (χ2v) is 5.44. The Kier molecular flexibility index (Phi) is 4.62. The number of rotatable bonds is 4. The van der Waals surface area contributed by atoms with Crippen molar-refractivity contribution < 1.29 is 0 Å². The van der Waals surface area contributed by atoms with Crippen molar-refractivity contribution >= 4 is 0 Å². The van der Waals surface area contributed by atoms with Gasteiger partial charge in [0.15, 0.2) is 0 Å². The number of likely N-dealkylation sites (tertiary alicyclic amines) is 2. The Balaban J connectivity index is 1.78. The van der Waals surface area contributed by atoms with Crippen LogP contribution in [0.3, 0.4) is 0 Å². The average molecular weight is 225 g/mol. The number of hydrogen-bond acceptors (Lipinski definition) is 3. The quantitative estimate of drug-likeness (QED) is 0.774. The molecule has 1 N–H and O–H groups in total. The summed E-state index contributed by atoms with van der Waals surface area (Å²) in [5.41, 5.74) is 0.